The third-order valence-electron chi connectivity index (χ3n) is 4.43. The molecule has 3 rings (SSSR count). The van der Waals surface area contributed by atoms with E-state index in [1.165, 1.54) is 5.56 Å². The quantitative estimate of drug-likeness (QED) is 0.722. The molecule has 0 aliphatic carbocycles. The molecule has 0 unspecified atom stereocenters. The number of nitrogens with one attached hydrogen (secondary N) is 1. The number of carbonyl (C=O) groups is 1. The van der Waals surface area contributed by atoms with Crippen LogP contribution in [0.5, 0.6) is 23.0 Å². The molecular formula is C21H25NO5. The predicted molar refractivity (Wildman–Crippen MR) is 102 cm³/mol. The Morgan fingerprint density at radius 2 is 1.74 bits per heavy atom. The molecule has 0 radical (unpaired) electrons. The highest BCUT2D eigenvalue weighted by atomic mass is 16.6. The number of fused-ring (bicyclic) bond motifs is 1. The van der Waals surface area contributed by atoms with Crippen molar-refractivity contribution >= 4 is 5.91 Å². The van der Waals surface area contributed by atoms with Gasteiger partial charge in [-0.25, -0.2) is 0 Å². The van der Waals surface area contributed by atoms with Crippen LogP contribution in [0.25, 0.3) is 0 Å². The van der Waals surface area contributed by atoms with Crippen molar-refractivity contribution in [2.24, 2.45) is 0 Å². The summed E-state index contributed by atoms with van der Waals surface area (Å²) in [6.07, 6.45) is 2.81. The Labute approximate surface area is 159 Å². The summed E-state index contributed by atoms with van der Waals surface area (Å²) in [4.78, 5) is 12.3. The molecule has 0 atom stereocenters. The molecule has 2 aromatic carbocycles. The average Bonchev–Trinajstić information content (AvgIpc) is 2.72. The standard InChI is InChI=1S/C21H25NO5/c1-24-17-9-7-16(14-19(17)25-2)21(23)22-10-4-3-5-15-6-8-18-20(13-15)27-12-11-26-18/h6-9,13-14H,3-5,10-12H2,1-2H3,(H,22,23). The second kappa shape index (κ2) is 9.16. The van der Waals surface area contributed by atoms with Gasteiger partial charge >= 0.3 is 0 Å². The molecule has 0 spiro atoms. The molecule has 0 fully saturated rings. The summed E-state index contributed by atoms with van der Waals surface area (Å²) in [6.45, 7) is 1.82. The molecule has 1 amide bonds. The van der Waals surface area contributed by atoms with Crippen molar-refractivity contribution in [2.45, 2.75) is 19.3 Å². The SMILES string of the molecule is COc1ccc(C(=O)NCCCCc2ccc3c(c2)OCCO3)cc1OC. The van der Waals surface area contributed by atoms with E-state index in [9.17, 15) is 4.79 Å². The molecule has 6 heteroatoms. The van der Waals surface area contributed by atoms with E-state index >= 15 is 0 Å². The first-order valence-corrected chi connectivity index (χ1v) is 9.10. The molecule has 6 nitrogen and oxygen atoms in total. The number of hydrogen-bond donors (Lipinski definition) is 1. The molecule has 1 heterocycles. The Hall–Kier alpha value is -2.89. The van der Waals surface area contributed by atoms with Crippen molar-refractivity contribution in [3.8, 4) is 23.0 Å². The van der Waals surface area contributed by atoms with Crippen LogP contribution in [-0.4, -0.2) is 39.9 Å². The summed E-state index contributed by atoms with van der Waals surface area (Å²) < 4.78 is 21.6. The van der Waals surface area contributed by atoms with Gasteiger partial charge in [-0.05, 0) is 55.2 Å². The van der Waals surface area contributed by atoms with Crippen molar-refractivity contribution in [2.75, 3.05) is 34.0 Å². The van der Waals surface area contributed by atoms with Crippen LogP contribution in [0.15, 0.2) is 36.4 Å². The van der Waals surface area contributed by atoms with E-state index in [1.54, 1.807) is 32.4 Å². The van der Waals surface area contributed by atoms with Crippen molar-refractivity contribution in [3.05, 3.63) is 47.5 Å². The second-order valence-corrected chi connectivity index (χ2v) is 6.26. The number of amides is 1. The molecule has 27 heavy (non-hydrogen) atoms. The van der Waals surface area contributed by atoms with Crippen molar-refractivity contribution < 1.29 is 23.7 Å². The number of unbranched alkanes of at least 4 members (excludes halogenated alkanes) is 1. The fourth-order valence-electron chi connectivity index (χ4n) is 2.98. The van der Waals surface area contributed by atoms with Crippen molar-refractivity contribution in [1.82, 2.24) is 5.32 Å². The van der Waals surface area contributed by atoms with Crippen LogP contribution in [0, 0.1) is 0 Å². The maximum atomic E-state index is 12.3. The number of rotatable bonds is 8. The Balaban J connectivity index is 1.43. The number of aryl methyl sites for hydroxylation is 1. The van der Waals surface area contributed by atoms with E-state index in [0.29, 0.717) is 36.8 Å². The Morgan fingerprint density at radius 3 is 2.52 bits per heavy atom. The zero-order valence-corrected chi connectivity index (χ0v) is 15.7. The molecule has 1 aliphatic heterocycles. The van der Waals surface area contributed by atoms with Gasteiger partial charge in [0.15, 0.2) is 23.0 Å². The van der Waals surface area contributed by atoms with Crippen LogP contribution in [0.3, 0.4) is 0 Å². The molecule has 1 N–H and O–H groups in total. The lowest BCUT2D eigenvalue weighted by molar-refractivity contribution is 0.0952. The van der Waals surface area contributed by atoms with Crippen molar-refractivity contribution in [1.29, 1.82) is 0 Å². The summed E-state index contributed by atoms with van der Waals surface area (Å²) in [7, 11) is 3.12. The topological polar surface area (TPSA) is 66.0 Å². The van der Waals surface area contributed by atoms with E-state index in [1.807, 2.05) is 12.1 Å². The van der Waals surface area contributed by atoms with Gasteiger partial charge in [0, 0.05) is 12.1 Å². The molecular weight excluding hydrogens is 346 g/mol. The predicted octanol–water partition coefficient (Wildman–Crippen LogP) is 3.23. The number of hydrogen-bond acceptors (Lipinski definition) is 5. The van der Waals surface area contributed by atoms with Crippen LogP contribution in [0.2, 0.25) is 0 Å². The highest BCUT2D eigenvalue weighted by Gasteiger charge is 2.12. The van der Waals surface area contributed by atoms with Crippen LogP contribution >= 0.6 is 0 Å². The fourth-order valence-corrected chi connectivity index (χ4v) is 2.98. The summed E-state index contributed by atoms with van der Waals surface area (Å²) in [5, 5.41) is 2.94. The third kappa shape index (κ3) is 4.84. The van der Waals surface area contributed by atoms with Crippen molar-refractivity contribution in [3.63, 3.8) is 0 Å². The molecule has 144 valence electrons. The zero-order chi connectivity index (χ0) is 19.1. The largest absolute Gasteiger partial charge is 0.493 e. The summed E-state index contributed by atoms with van der Waals surface area (Å²) in [5.41, 5.74) is 1.77. The molecule has 2 aromatic rings. The minimum absolute atomic E-state index is 0.115. The summed E-state index contributed by atoms with van der Waals surface area (Å²) in [5.74, 6) is 2.67. The highest BCUT2D eigenvalue weighted by molar-refractivity contribution is 5.94. The van der Waals surface area contributed by atoms with Gasteiger partial charge in [0.25, 0.3) is 5.91 Å². The molecule has 0 saturated heterocycles. The first-order chi connectivity index (χ1) is 13.2. The number of methoxy groups -OCH3 is 2. The fraction of sp³-hybridized carbons (Fsp3) is 0.381. The van der Waals surface area contributed by atoms with Gasteiger partial charge in [0.05, 0.1) is 14.2 Å². The maximum absolute atomic E-state index is 12.3. The zero-order valence-electron chi connectivity index (χ0n) is 15.7. The lowest BCUT2D eigenvalue weighted by atomic mass is 10.1. The minimum Gasteiger partial charge on any atom is -0.493 e. The van der Waals surface area contributed by atoms with Crippen LogP contribution in [0.4, 0.5) is 0 Å². The molecule has 1 aliphatic rings. The first kappa shape index (κ1) is 18.9. The monoisotopic (exact) mass is 371 g/mol. The molecule has 0 aromatic heterocycles. The van der Waals surface area contributed by atoms with E-state index in [-0.39, 0.29) is 5.91 Å². The van der Waals surface area contributed by atoms with Crippen LogP contribution in [0.1, 0.15) is 28.8 Å². The van der Waals surface area contributed by atoms with Crippen LogP contribution < -0.4 is 24.3 Å². The van der Waals surface area contributed by atoms with E-state index in [0.717, 1.165) is 30.8 Å². The smallest absolute Gasteiger partial charge is 0.251 e. The van der Waals surface area contributed by atoms with Crippen LogP contribution in [-0.2, 0) is 6.42 Å². The number of ether oxygens (including phenoxy) is 4. The highest BCUT2D eigenvalue weighted by Crippen LogP contribution is 2.31. The van der Waals surface area contributed by atoms with Gasteiger partial charge < -0.3 is 24.3 Å². The van der Waals surface area contributed by atoms with Gasteiger partial charge in [-0.2, -0.15) is 0 Å². The van der Waals surface area contributed by atoms with E-state index < -0.39 is 0 Å². The van der Waals surface area contributed by atoms with E-state index in [2.05, 4.69) is 11.4 Å². The van der Waals surface area contributed by atoms with Gasteiger partial charge in [-0.3, -0.25) is 4.79 Å². The maximum Gasteiger partial charge on any atom is 0.251 e. The van der Waals surface area contributed by atoms with Gasteiger partial charge in [0.2, 0.25) is 0 Å². The second-order valence-electron chi connectivity index (χ2n) is 6.26. The Morgan fingerprint density at radius 1 is 0.963 bits per heavy atom. The van der Waals surface area contributed by atoms with E-state index in [4.69, 9.17) is 18.9 Å². The molecule has 0 bridgehead atoms. The normalized spacial score (nSPS) is 12.4. The Kier molecular flexibility index (Phi) is 6.41. The average molecular weight is 371 g/mol. The summed E-state index contributed by atoms with van der Waals surface area (Å²) in [6, 6.07) is 11.2. The lowest BCUT2D eigenvalue weighted by Gasteiger charge is -2.18. The van der Waals surface area contributed by atoms with Gasteiger partial charge in [0.1, 0.15) is 13.2 Å². The number of benzene rings is 2. The number of carbonyl (C=O) groups excluding carboxylic acids is 1. The first-order valence-electron chi connectivity index (χ1n) is 9.10. The third-order valence-corrected chi connectivity index (χ3v) is 4.43. The molecule has 0 saturated carbocycles. The van der Waals surface area contributed by atoms with Gasteiger partial charge in [-0.15, -0.1) is 0 Å². The lowest BCUT2D eigenvalue weighted by Crippen LogP contribution is -2.24. The summed E-state index contributed by atoms with van der Waals surface area (Å²) >= 11 is 0. The minimum atomic E-state index is -0.115. The van der Waals surface area contributed by atoms with Gasteiger partial charge in [-0.1, -0.05) is 6.07 Å². The Bertz CT molecular complexity index is 790.